The lowest BCUT2D eigenvalue weighted by molar-refractivity contribution is -0.130. The molecular formula is C20H35IN4O2. The summed E-state index contributed by atoms with van der Waals surface area (Å²) in [5.74, 6) is 0.638. The largest absolute Gasteiger partial charge is 0.379 e. The van der Waals surface area contributed by atoms with Crippen molar-refractivity contribution in [2.24, 2.45) is 10.4 Å². The van der Waals surface area contributed by atoms with Gasteiger partial charge in [-0.1, -0.05) is 51.1 Å². The molecule has 0 aromatic heterocycles. The molecule has 0 aliphatic rings. The Hall–Kier alpha value is -1.35. The fraction of sp³-hybridized carbons (Fsp3) is 0.600. The summed E-state index contributed by atoms with van der Waals surface area (Å²) in [6.45, 7) is 10.5. The molecule has 1 atom stereocenters. The lowest BCUT2D eigenvalue weighted by Crippen LogP contribution is -2.48. The number of carbonyl (C=O) groups is 1. The first kappa shape index (κ1) is 25.6. The number of likely N-dealkylation sites (N-methyl/N-ethyl adjacent to an activating group) is 1. The van der Waals surface area contributed by atoms with Gasteiger partial charge in [0.1, 0.15) is 0 Å². The van der Waals surface area contributed by atoms with Gasteiger partial charge < -0.3 is 20.3 Å². The molecule has 6 nitrogen and oxygen atoms in total. The fourth-order valence-corrected chi connectivity index (χ4v) is 2.60. The van der Waals surface area contributed by atoms with Crippen LogP contribution in [0, 0.1) is 5.41 Å². The molecular weight excluding hydrogens is 455 g/mol. The van der Waals surface area contributed by atoms with E-state index in [0.717, 1.165) is 5.56 Å². The summed E-state index contributed by atoms with van der Waals surface area (Å²) in [6, 6.07) is 10.0. The number of aliphatic imine (C=N–C) groups is 1. The number of hydrogen-bond donors (Lipinski definition) is 2. The Labute approximate surface area is 181 Å². The first-order valence-corrected chi connectivity index (χ1v) is 9.10. The summed E-state index contributed by atoms with van der Waals surface area (Å²) in [7, 11) is 3.40. The number of nitrogens with zero attached hydrogens (tertiary/aromatic N) is 2. The van der Waals surface area contributed by atoms with Crippen molar-refractivity contribution in [2.45, 2.75) is 40.3 Å². The van der Waals surface area contributed by atoms with E-state index >= 15 is 0 Å². The Kier molecular flexibility index (Phi) is 12.3. The summed E-state index contributed by atoms with van der Waals surface area (Å²) in [5.41, 5.74) is 1.14. The molecule has 154 valence electrons. The van der Waals surface area contributed by atoms with Crippen molar-refractivity contribution in [1.29, 1.82) is 0 Å². The molecule has 7 heteroatoms. The number of halogens is 1. The number of guanidine groups is 1. The highest BCUT2D eigenvalue weighted by Crippen LogP contribution is 2.20. The highest BCUT2D eigenvalue weighted by Gasteiger charge is 2.24. The summed E-state index contributed by atoms with van der Waals surface area (Å²) in [6.07, 6.45) is 0.0435. The number of rotatable bonds is 8. The van der Waals surface area contributed by atoms with Gasteiger partial charge in [0.05, 0.1) is 12.6 Å². The zero-order valence-electron chi connectivity index (χ0n) is 17.4. The van der Waals surface area contributed by atoms with E-state index in [1.807, 2.05) is 42.2 Å². The van der Waals surface area contributed by atoms with Crippen LogP contribution in [0.25, 0.3) is 0 Å². The Morgan fingerprint density at radius 1 is 1.22 bits per heavy atom. The first-order valence-electron chi connectivity index (χ1n) is 9.10. The summed E-state index contributed by atoms with van der Waals surface area (Å²) < 4.78 is 5.54. The second-order valence-corrected chi connectivity index (χ2v) is 7.29. The monoisotopic (exact) mass is 490 g/mol. The quantitative estimate of drug-likeness (QED) is 0.334. The number of ether oxygens (including phenoxy) is 1. The van der Waals surface area contributed by atoms with Crippen LogP contribution in [-0.2, 0) is 16.1 Å². The van der Waals surface area contributed by atoms with Crippen LogP contribution in [0.5, 0.6) is 0 Å². The van der Waals surface area contributed by atoms with Crippen LogP contribution in [0.4, 0.5) is 0 Å². The van der Waals surface area contributed by atoms with Crippen LogP contribution >= 0.6 is 24.0 Å². The van der Waals surface area contributed by atoms with Gasteiger partial charge in [-0.15, -0.1) is 24.0 Å². The van der Waals surface area contributed by atoms with Gasteiger partial charge in [0.15, 0.2) is 5.96 Å². The summed E-state index contributed by atoms with van der Waals surface area (Å²) >= 11 is 0. The van der Waals surface area contributed by atoms with Crippen molar-refractivity contribution >= 4 is 35.8 Å². The van der Waals surface area contributed by atoms with Gasteiger partial charge >= 0.3 is 0 Å². The molecule has 0 radical (unpaired) electrons. The van der Waals surface area contributed by atoms with Crippen molar-refractivity contribution in [1.82, 2.24) is 15.5 Å². The van der Waals surface area contributed by atoms with Gasteiger partial charge in [-0.2, -0.15) is 0 Å². The van der Waals surface area contributed by atoms with Gasteiger partial charge in [-0.25, -0.2) is 0 Å². The van der Waals surface area contributed by atoms with Gasteiger partial charge in [-0.3, -0.25) is 9.79 Å². The standard InChI is InChI=1S/C20H34N4O2.HI/c1-7-24(15-16-11-9-8-10-12-16)18(25)14-23-19(21-5)22-13-17(26-6)20(2,3)4;/h8-12,17H,7,13-15H2,1-6H3,(H2,21,22,23);1H. The number of nitrogens with one attached hydrogen (secondary N) is 2. The molecule has 0 aliphatic carbocycles. The number of carbonyl (C=O) groups excluding carboxylic acids is 1. The molecule has 1 amide bonds. The van der Waals surface area contributed by atoms with Crippen LogP contribution < -0.4 is 10.6 Å². The van der Waals surface area contributed by atoms with E-state index in [1.54, 1.807) is 14.2 Å². The Balaban J connectivity index is 0.00000676. The van der Waals surface area contributed by atoms with Gasteiger partial charge in [0, 0.05) is 33.8 Å². The molecule has 1 unspecified atom stereocenters. The minimum absolute atomic E-state index is 0. The maximum absolute atomic E-state index is 12.5. The van der Waals surface area contributed by atoms with Crippen molar-refractivity contribution in [3.8, 4) is 0 Å². The fourth-order valence-electron chi connectivity index (χ4n) is 2.60. The molecule has 1 aromatic rings. The summed E-state index contributed by atoms with van der Waals surface area (Å²) in [4.78, 5) is 18.5. The lowest BCUT2D eigenvalue weighted by Gasteiger charge is -2.30. The third-order valence-corrected chi connectivity index (χ3v) is 4.29. The van der Waals surface area contributed by atoms with Gasteiger partial charge in [0.2, 0.25) is 5.91 Å². The molecule has 0 aliphatic heterocycles. The van der Waals surface area contributed by atoms with Crippen LogP contribution in [0.3, 0.4) is 0 Å². The average Bonchev–Trinajstić information content (AvgIpc) is 2.62. The number of benzene rings is 1. The Bertz CT molecular complexity index is 573. The molecule has 0 fully saturated rings. The molecule has 0 spiro atoms. The molecule has 0 saturated carbocycles. The van der Waals surface area contributed by atoms with E-state index in [2.05, 4.69) is 36.4 Å². The second-order valence-electron chi connectivity index (χ2n) is 7.29. The molecule has 1 aromatic carbocycles. The van der Waals surface area contributed by atoms with E-state index in [4.69, 9.17) is 4.74 Å². The third kappa shape index (κ3) is 9.41. The van der Waals surface area contributed by atoms with Crippen LogP contribution in [0.1, 0.15) is 33.3 Å². The molecule has 2 N–H and O–H groups in total. The van der Waals surface area contributed by atoms with E-state index in [0.29, 0.717) is 25.6 Å². The van der Waals surface area contributed by atoms with E-state index in [1.165, 1.54) is 0 Å². The molecule has 0 heterocycles. The van der Waals surface area contributed by atoms with Crippen LogP contribution in [0.15, 0.2) is 35.3 Å². The average molecular weight is 490 g/mol. The van der Waals surface area contributed by atoms with Crippen LogP contribution in [0.2, 0.25) is 0 Å². The van der Waals surface area contributed by atoms with Crippen molar-refractivity contribution in [2.75, 3.05) is 33.8 Å². The minimum atomic E-state index is 0. The summed E-state index contributed by atoms with van der Waals surface area (Å²) in [5, 5.41) is 6.32. The first-order chi connectivity index (χ1) is 12.3. The van der Waals surface area contributed by atoms with Crippen molar-refractivity contribution in [3.63, 3.8) is 0 Å². The number of amides is 1. The van der Waals surface area contributed by atoms with E-state index in [-0.39, 0.29) is 47.9 Å². The molecule has 1 rings (SSSR count). The molecule has 27 heavy (non-hydrogen) atoms. The van der Waals surface area contributed by atoms with Crippen molar-refractivity contribution < 1.29 is 9.53 Å². The maximum atomic E-state index is 12.5. The Morgan fingerprint density at radius 3 is 2.33 bits per heavy atom. The highest BCUT2D eigenvalue weighted by atomic mass is 127. The van der Waals surface area contributed by atoms with Gasteiger partial charge in [0.25, 0.3) is 0 Å². The zero-order valence-corrected chi connectivity index (χ0v) is 19.7. The van der Waals surface area contributed by atoms with Crippen molar-refractivity contribution in [3.05, 3.63) is 35.9 Å². The maximum Gasteiger partial charge on any atom is 0.242 e. The SMILES string of the molecule is CCN(Cc1ccccc1)C(=O)CNC(=NC)NCC(OC)C(C)(C)C.I. The van der Waals surface area contributed by atoms with Crippen LogP contribution in [-0.4, -0.2) is 56.7 Å². The zero-order chi connectivity index (χ0) is 19.6. The smallest absolute Gasteiger partial charge is 0.242 e. The van der Waals surface area contributed by atoms with E-state index in [9.17, 15) is 4.79 Å². The lowest BCUT2D eigenvalue weighted by atomic mass is 9.89. The van der Waals surface area contributed by atoms with Gasteiger partial charge in [-0.05, 0) is 17.9 Å². The molecule has 0 bridgehead atoms. The highest BCUT2D eigenvalue weighted by molar-refractivity contribution is 14.0. The third-order valence-electron chi connectivity index (χ3n) is 4.29. The predicted octanol–water partition coefficient (Wildman–Crippen LogP) is 2.88. The minimum Gasteiger partial charge on any atom is -0.379 e. The molecule has 0 saturated heterocycles. The van der Waals surface area contributed by atoms with E-state index < -0.39 is 0 Å². The predicted molar refractivity (Wildman–Crippen MR) is 123 cm³/mol. The second kappa shape index (κ2) is 12.9. The Morgan fingerprint density at radius 2 is 1.85 bits per heavy atom. The number of hydrogen-bond acceptors (Lipinski definition) is 3. The normalized spacial score (nSPS) is 12.7. The number of methoxy groups -OCH3 is 1. The topological polar surface area (TPSA) is 66.0 Å².